The number of carbonyl (C=O) groups is 1. The lowest BCUT2D eigenvalue weighted by atomic mass is 10.1. The highest BCUT2D eigenvalue weighted by molar-refractivity contribution is 6.30. The number of rotatable bonds is 7. The number of methoxy groups -OCH3 is 3. The second kappa shape index (κ2) is 8.62. The standard InChI is InChI=1S/C19H21ClO5/c1-12-9-14(20)6-7-15(12)25-18(21)8-5-13-10-16(22-2)19(24-4)17(11-13)23-3/h6-7,9-11H,5,8H2,1-4H3. The lowest BCUT2D eigenvalue weighted by Crippen LogP contribution is -2.10. The molecule has 0 saturated heterocycles. The predicted molar refractivity (Wildman–Crippen MR) is 96.2 cm³/mol. The fourth-order valence-corrected chi connectivity index (χ4v) is 2.65. The number of halogens is 1. The Morgan fingerprint density at radius 3 is 2.12 bits per heavy atom. The highest BCUT2D eigenvalue weighted by Gasteiger charge is 2.14. The van der Waals surface area contributed by atoms with Crippen molar-refractivity contribution in [1.29, 1.82) is 0 Å². The minimum Gasteiger partial charge on any atom is -0.493 e. The van der Waals surface area contributed by atoms with E-state index in [2.05, 4.69) is 0 Å². The fourth-order valence-electron chi connectivity index (χ4n) is 2.43. The number of hydrogen-bond acceptors (Lipinski definition) is 5. The molecule has 0 amide bonds. The van der Waals surface area contributed by atoms with E-state index in [1.807, 2.05) is 19.1 Å². The Morgan fingerprint density at radius 1 is 0.960 bits per heavy atom. The van der Waals surface area contributed by atoms with Gasteiger partial charge in [0, 0.05) is 11.4 Å². The van der Waals surface area contributed by atoms with Crippen LogP contribution in [0.1, 0.15) is 17.5 Å². The molecule has 0 atom stereocenters. The van der Waals surface area contributed by atoms with Crippen molar-refractivity contribution in [2.75, 3.05) is 21.3 Å². The lowest BCUT2D eigenvalue weighted by Gasteiger charge is -2.14. The average Bonchev–Trinajstić information content (AvgIpc) is 2.61. The van der Waals surface area contributed by atoms with Crippen molar-refractivity contribution >= 4 is 17.6 Å². The zero-order chi connectivity index (χ0) is 18.4. The van der Waals surface area contributed by atoms with E-state index in [9.17, 15) is 4.79 Å². The third-order valence-electron chi connectivity index (χ3n) is 3.70. The number of hydrogen-bond donors (Lipinski definition) is 0. The molecule has 0 aromatic heterocycles. The fraction of sp³-hybridized carbons (Fsp3) is 0.316. The summed E-state index contributed by atoms with van der Waals surface area (Å²) < 4.78 is 21.3. The average molecular weight is 365 g/mol. The molecule has 2 aromatic rings. The monoisotopic (exact) mass is 364 g/mol. The zero-order valence-electron chi connectivity index (χ0n) is 14.7. The first-order valence-corrected chi connectivity index (χ1v) is 8.12. The van der Waals surface area contributed by atoms with Gasteiger partial charge in [-0.2, -0.15) is 0 Å². The molecule has 0 unspecified atom stereocenters. The number of esters is 1. The molecule has 0 heterocycles. The van der Waals surface area contributed by atoms with Crippen LogP contribution in [0.4, 0.5) is 0 Å². The van der Waals surface area contributed by atoms with E-state index in [1.54, 1.807) is 39.5 Å². The third kappa shape index (κ3) is 4.79. The van der Waals surface area contributed by atoms with Gasteiger partial charge in [0.15, 0.2) is 11.5 Å². The van der Waals surface area contributed by atoms with E-state index in [0.717, 1.165) is 11.1 Å². The summed E-state index contributed by atoms with van der Waals surface area (Å²) in [5.74, 6) is 1.82. The molecule has 0 bridgehead atoms. The van der Waals surface area contributed by atoms with Gasteiger partial charge >= 0.3 is 5.97 Å². The molecule has 0 saturated carbocycles. The Hall–Kier alpha value is -2.40. The van der Waals surface area contributed by atoms with Crippen molar-refractivity contribution in [3.8, 4) is 23.0 Å². The highest BCUT2D eigenvalue weighted by atomic mass is 35.5. The van der Waals surface area contributed by atoms with E-state index < -0.39 is 0 Å². The zero-order valence-corrected chi connectivity index (χ0v) is 15.5. The van der Waals surface area contributed by atoms with Crippen LogP contribution in [0, 0.1) is 6.92 Å². The van der Waals surface area contributed by atoms with E-state index in [0.29, 0.717) is 34.4 Å². The second-order valence-electron chi connectivity index (χ2n) is 5.42. The van der Waals surface area contributed by atoms with Crippen LogP contribution in [-0.4, -0.2) is 27.3 Å². The summed E-state index contributed by atoms with van der Waals surface area (Å²) in [6, 6.07) is 8.78. The molecule has 2 aromatic carbocycles. The number of ether oxygens (including phenoxy) is 4. The van der Waals surface area contributed by atoms with Crippen LogP contribution in [0.2, 0.25) is 5.02 Å². The van der Waals surface area contributed by atoms with Crippen molar-refractivity contribution in [3.63, 3.8) is 0 Å². The summed E-state index contributed by atoms with van der Waals surface area (Å²) in [6.07, 6.45) is 0.711. The molecular formula is C19H21ClO5. The van der Waals surface area contributed by atoms with E-state index >= 15 is 0 Å². The maximum Gasteiger partial charge on any atom is 0.311 e. The molecule has 5 nitrogen and oxygen atoms in total. The molecule has 0 aliphatic carbocycles. The van der Waals surface area contributed by atoms with Gasteiger partial charge in [-0.1, -0.05) is 11.6 Å². The lowest BCUT2D eigenvalue weighted by molar-refractivity contribution is -0.134. The van der Waals surface area contributed by atoms with Gasteiger partial charge < -0.3 is 18.9 Å². The van der Waals surface area contributed by atoms with E-state index in [4.69, 9.17) is 30.5 Å². The number of aryl methyl sites for hydroxylation is 2. The Morgan fingerprint density at radius 2 is 1.60 bits per heavy atom. The minimum atomic E-state index is -0.320. The van der Waals surface area contributed by atoms with Crippen LogP contribution in [0.5, 0.6) is 23.0 Å². The summed E-state index contributed by atoms with van der Waals surface area (Å²) >= 11 is 5.90. The van der Waals surface area contributed by atoms with Gasteiger partial charge in [-0.05, 0) is 54.8 Å². The maximum atomic E-state index is 12.1. The summed E-state index contributed by atoms with van der Waals surface area (Å²) in [5.41, 5.74) is 1.70. The molecule has 0 fully saturated rings. The predicted octanol–water partition coefficient (Wildman–Crippen LogP) is 4.21. The molecule has 6 heteroatoms. The first-order chi connectivity index (χ1) is 12.0. The van der Waals surface area contributed by atoms with E-state index in [-0.39, 0.29) is 12.4 Å². The third-order valence-corrected chi connectivity index (χ3v) is 3.94. The molecule has 2 rings (SSSR count). The Bertz CT molecular complexity index is 732. The van der Waals surface area contributed by atoms with Gasteiger partial charge in [0.05, 0.1) is 21.3 Å². The first-order valence-electron chi connectivity index (χ1n) is 7.74. The number of benzene rings is 2. The Kier molecular flexibility index (Phi) is 6.53. The topological polar surface area (TPSA) is 54.0 Å². The van der Waals surface area contributed by atoms with Crippen LogP contribution in [0.25, 0.3) is 0 Å². The van der Waals surface area contributed by atoms with Gasteiger partial charge in [0.2, 0.25) is 5.75 Å². The van der Waals surface area contributed by atoms with Crippen molar-refractivity contribution < 1.29 is 23.7 Å². The molecule has 0 aliphatic heterocycles. The molecule has 0 N–H and O–H groups in total. The minimum absolute atomic E-state index is 0.223. The normalized spacial score (nSPS) is 10.3. The largest absolute Gasteiger partial charge is 0.493 e. The first kappa shape index (κ1) is 18.9. The molecule has 0 spiro atoms. The Labute approximate surface area is 152 Å². The SMILES string of the molecule is COc1cc(CCC(=O)Oc2ccc(Cl)cc2C)cc(OC)c1OC. The van der Waals surface area contributed by atoms with Gasteiger partial charge in [-0.3, -0.25) is 4.79 Å². The molecular weight excluding hydrogens is 344 g/mol. The van der Waals surface area contributed by atoms with Crippen molar-refractivity contribution in [3.05, 3.63) is 46.5 Å². The van der Waals surface area contributed by atoms with Crippen LogP contribution >= 0.6 is 11.6 Å². The highest BCUT2D eigenvalue weighted by Crippen LogP contribution is 2.38. The van der Waals surface area contributed by atoms with Gasteiger partial charge in [-0.25, -0.2) is 0 Å². The van der Waals surface area contributed by atoms with Gasteiger partial charge in [0.1, 0.15) is 5.75 Å². The molecule has 0 aliphatic rings. The quantitative estimate of drug-likeness (QED) is 0.544. The smallest absolute Gasteiger partial charge is 0.311 e. The number of carbonyl (C=O) groups excluding carboxylic acids is 1. The van der Waals surface area contributed by atoms with Gasteiger partial charge in [-0.15, -0.1) is 0 Å². The maximum absolute atomic E-state index is 12.1. The second-order valence-corrected chi connectivity index (χ2v) is 5.85. The van der Waals surface area contributed by atoms with Crippen LogP contribution < -0.4 is 18.9 Å². The Balaban J connectivity index is 2.06. The molecule has 134 valence electrons. The van der Waals surface area contributed by atoms with Gasteiger partial charge in [0.25, 0.3) is 0 Å². The van der Waals surface area contributed by atoms with Crippen molar-refractivity contribution in [2.45, 2.75) is 19.8 Å². The summed E-state index contributed by atoms with van der Waals surface area (Å²) in [6.45, 7) is 1.84. The van der Waals surface area contributed by atoms with Crippen LogP contribution in [0.15, 0.2) is 30.3 Å². The summed E-state index contributed by atoms with van der Waals surface area (Å²) in [5, 5.41) is 0.606. The molecule has 25 heavy (non-hydrogen) atoms. The van der Waals surface area contributed by atoms with Crippen molar-refractivity contribution in [1.82, 2.24) is 0 Å². The van der Waals surface area contributed by atoms with E-state index in [1.165, 1.54) is 0 Å². The molecule has 0 radical (unpaired) electrons. The summed E-state index contributed by atoms with van der Waals surface area (Å²) in [7, 11) is 4.66. The van der Waals surface area contributed by atoms with Crippen LogP contribution in [0.3, 0.4) is 0 Å². The van der Waals surface area contributed by atoms with Crippen LogP contribution in [-0.2, 0) is 11.2 Å². The summed E-state index contributed by atoms with van der Waals surface area (Å²) in [4.78, 5) is 12.1. The van der Waals surface area contributed by atoms with Crippen molar-refractivity contribution in [2.24, 2.45) is 0 Å².